The predicted molar refractivity (Wildman–Crippen MR) is 61.5 cm³/mol. The first-order valence-electron chi connectivity index (χ1n) is 4.74. The molecule has 1 N–H and O–H groups in total. The summed E-state index contributed by atoms with van der Waals surface area (Å²) in [5.74, 6) is -0.329. The van der Waals surface area contributed by atoms with Gasteiger partial charge in [-0.05, 0) is 18.6 Å². The Labute approximate surface area is 129 Å². The topological polar surface area (TPSA) is 86.7 Å². The van der Waals surface area contributed by atoms with E-state index in [1.807, 2.05) is 0 Å². The molecule has 0 bridgehead atoms. The van der Waals surface area contributed by atoms with Crippen molar-refractivity contribution in [3.63, 3.8) is 0 Å². The van der Waals surface area contributed by atoms with Crippen LogP contribution in [0.25, 0.3) is 0 Å². The molecule has 1 unspecified atom stereocenters. The third-order valence-corrected chi connectivity index (χ3v) is 3.51. The molecule has 0 aliphatic carbocycles. The SMILES string of the molecule is C=C(C)C(c1ccc([O-])c(OC)c1)S(=O)(=O)O.[Na+]. The molecule has 0 fully saturated rings. The number of hydrogen-bond acceptors (Lipinski definition) is 4. The van der Waals surface area contributed by atoms with E-state index in [0.717, 1.165) is 0 Å². The van der Waals surface area contributed by atoms with Gasteiger partial charge in [-0.25, -0.2) is 0 Å². The second-order valence-corrected chi connectivity index (χ2v) is 5.15. The van der Waals surface area contributed by atoms with Crippen molar-refractivity contribution >= 4 is 10.1 Å². The first-order valence-corrected chi connectivity index (χ1v) is 6.24. The van der Waals surface area contributed by atoms with Crippen molar-refractivity contribution in [2.75, 3.05) is 7.11 Å². The zero-order valence-electron chi connectivity index (χ0n) is 10.5. The predicted octanol–water partition coefficient (Wildman–Crippen LogP) is -1.72. The molecule has 0 saturated carbocycles. The number of ether oxygens (including phenoxy) is 1. The minimum absolute atomic E-state index is 0. The Hall–Kier alpha value is -0.530. The molecule has 0 aromatic heterocycles. The van der Waals surface area contributed by atoms with Crippen molar-refractivity contribution in [3.05, 3.63) is 35.9 Å². The van der Waals surface area contributed by atoms with E-state index in [1.54, 1.807) is 0 Å². The molecule has 0 saturated heterocycles. The van der Waals surface area contributed by atoms with Gasteiger partial charge in [-0.1, -0.05) is 30.0 Å². The van der Waals surface area contributed by atoms with Crippen molar-refractivity contribution in [1.29, 1.82) is 0 Å². The molecule has 0 aliphatic rings. The molecule has 5 nitrogen and oxygen atoms in total. The maximum Gasteiger partial charge on any atom is 1.00 e. The van der Waals surface area contributed by atoms with Gasteiger partial charge >= 0.3 is 29.6 Å². The minimum Gasteiger partial charge on any atom is -0.870 e. The van der Waals surface area contributed by atoms with Gasteiger partial charge in [0, 0.05) is 0 Å². The first-order chi connectivity index (χ1) is 7.77. The molecular weight excluding hydrogens is 267 g/mol. The largest absolute Gasteiger partial charge is 1.00 e. The van der Waals surface area contributed by atoms with E-state index in [1.165, 1.54) is 32.2 Å². The Kier molecular flexibility index (Phi) is 6.39. The molecule has 7 heteroatoms. The quantitative estimate of drug-likeness (QED) is 0.403. The second kappa shape index (κ2) is 6.58. The normalized spacial score (nSPS) is 12.4. The summed E-state index contributed by atoms with van der Waals surface area (Å²) in [6, 6.07) is 3.81. The summed E-state index contributed by atoms with van der Waals surface area (Å²) < 4.78 is 36.4. The van der Waals surface area contributed by atoms with Crippen LogP contribution < -0.4 is 39.4 Å². The molecule has 1 aromatic rings. The minimum atomic E-state index is -4.31. The van der Waals surface area contributed by atoms with Crippen molar-refractivity contribution in [2.45, 2.75) is 12.2 Å². The summed E-state index contributed by atoms with van der Waals surface area (Å²) >= 11 is 0. The Bertz CT molecular complexity index is 538. The second-order valence-electron chi connectivity index (χ2n) is 3.65. The molecule has 18 heavy (non-hydrogen) atoms. The van der Waals surface area contributed by atoms with Crippen LogP contribution in [0.4, 0.5) is 0 Å². The number of benzene rings is 1. The van der Waals surface area contributed by atoms with Crippen molar-refractivity contribution in [2.24, 2.45) is 0 Å². The number of rotatable bonds is 4. The maximum absolute atomic E-state index is 11.3. The average Bonchev–Trinajstić information content (AvgIpc) is 2.18. The van der Waals surface area contributed by atoms with Crippen molar-refractivity contribution in [1.82, 2.24) is 0 Å². The monoisotopic (exact) mass is 280 g/mol. The van der Waals surface area contributed by atoms with Crippen molar-refractivity contribution < 1.29 is 52.4 Å². The Morgan fingerprint density at radius 1 is 1.50 bits per heavy atom. The van der Waals surface area contributed by atoms with E-state index in [9.17, 15) is 13.5 Å². The van der Waals surface area contributed by atoms with Crippen LogP contribution in [0.5, 0.6) is 11.5 Å². The van der Waals surface area contributed by atoms with Gasteiger partial charge in [-0.3, -0.25) is 4.55 Å². The summed E-state index contributed by atoms with van der Waals surface area (Å²) in [5, 5.41) is 10.0. The van der Waals surface area contributed by atoms with Crippen LogP contribution >= 0.6 is 0 Å². The average molecular weight is 280 g/mol. The van der Waals surface area contributed by atoms with Gasteiger partial charge in [0.15, 0.2) is 0 Å². The van der Waals surface area contributed by atoms with Crippen LogP contribution in [0.15, 0.2) is 30.4 Å². The van der Waals surface area contributed by atoms with E-state index in [0.29, 0.717) is 0 Å². The summed E-state index contributed by atoms with van der Waals surface area (Å²) in [6.45, 7) is 5.00. The van der Waals surface area contributed by atoms with Crippen LogP contribution in [0, 0.1) is 0 Å². The summed E-state index contributed by atoms with van der Waals surface area (Å²) in [7, 11) is -3.00. The van der Waals surface area contributed by atoms with Crippen LogP contribution in [0.1, 0.15) is 17.7 Å². The molecule has 1 atom stereocenters. The molecular formula is C11H13NaO5S. The van der Waals surface area contributed by atoms with E-state index in [2.05, 4.69) is 6.58 Å². The molecule has 0 aliphatic heterocycles. The molecule has 0 spiro atoms. The van der Waals surface area contributed by atoms with Gasteiger partial charge in [0.1, 0.15) is 11.0 Å². The molecule has 0 amide bonds. The maximum atomic E-state index is 11.3. The fourth-order valence-corrected chi connectivity index (χ4v) is 2.56. The van der Waals surface area contributed by atoms with Gasteiger partial charge in [0.05, 0.1) is 7.11 Å². The van der Waals surface area contributed by atoms with Gasteiger partial charge in [-0.15, -0.1) is 0 Å². The molecule has 94 valence electrons. The van der Waals surface area contributed by atoms with Gasteiger partial charge in [-0.2, -0.15) is 8.42 Å². The van der Waals surface area contributed by atoms with E-state index >= 15 is 0 Å². The standard InChI is InChI=1S/C11H14O5S.Na/c1-7(2)11(17(13,14)15)8-4-5-9(12)10(6-8)16-3;/h4-6,11-12H,1H2,2-3H3,(H,13,14,15);/q;+1/p-1. The van der Waals surface area contributed by atoms with Gasteiger partial charge < -0.3 is 9.84 Å². The van der Waals surface area contributed by atoms with Crippen molar-refractivity contribution in [3.8, 4) is 11.5 Å². The Morgan fingerprint density at radius 3 is 2.44 bits per heavy atom. The zero-order chi connectivity index (χ0) is 13.2. The summed E-state index contributed by atoms with van der Waals surface area (Å²) in [5.41, 5.74) is 0.504. The van der Waals surface area contributed by atoms with Gasteiger partial charge in [0.25, 0.3) is 10.1 Å². The molecule has 0 radical (unpaired) electrons. The van der Waals surface area contributed by atoms with Crippen LogP contribution in [-0.4, -0.2) is 20.1 Å². The summed E-state index contributed by atoms with van der Waals surface area (Å²) in [4.78, 5) is 0. The molecule has 0 heterocycles. The third-order valence-electron chi connectivity index (χ3n) is 2.24. The van der Waals surface area contributed by atoms with E-state index < -0.39 is 15.4 Å². The summed E-state index contributed by atoms with van der Waals surface area (Å²) in [6.07, 6.45) is 0. The molecule has 1 rings (SSSR count). The Balaban J connectivity index is 0.00000289. The zero-order valence-corrected chi connectivity index (χ0v) is 13.3. The smallest absolute Gasteiger partial charge is 0.870 e. The fraction of sp³-hybridized carbons (Fsp3) is 0.273. The fourth-order valence-electron chi connectivity index (χ4n) is 1.56. The Morgan fingerprint density at radius 2 is 2.06 bits per heavy atom. The van der Waals surface area contributed by atoms with Gasteiger partial charge in [0.2, 0.25) is 0 Å². The van der Waals surface area contributed by atoms with Crippen LogP contribution in [-0.2, 0) is 10.1 Å². The first kappa shape index (κ1) is 17.5. The third kappa shape index (κ3) is 4.00. The van der Waals surface area contributed by atoms with Crippen LogP contribution in [0.3, 0.4) is 0 Å². The number of methoxy groups -OCH3 is 1. The number of hydrogen-bond donors (Lipinski definition) is 1. The van der Waals surface area contributed by atoms with E-state index in [4.69, 9.17) is 9.29 Å². The van der Waals surface area contributed by atoms with E-state index in [-0.39, 0.29) is 52.2 Å². The van der Waals surface area contributed by atoms with Crippen LogP contribution in [0.2, 0.25) is 0 Å². The molecule has 1 aromatic carbocycles.